The summed E-state index contributed by atoms with van der Waals surface area (Å²) in [5.74, 6) is 0.369. The van der Waals surface area contributed by atoms with Crippen LogP contribution < -0.4 is 0 Å². The minimum absolute atomic E-state index is 0.369. The van der Waals surface area contributed by atoms with E-state index in [-0.39, 0.29) is 0 Å². The number of carbonyl (C=O) groups excluding carboxylic acids is 1. The minimum atomic E-state index is 0.369. The van der Waals surface area contributed by atoms with Crippen LogP contribution in [0.1, 0.15) is 43.4 Å². The predicted molar refractivity (Wildman–Crippen MR) is 85.0 cm³/mol. The second kappa shape index (κ2) is 8.05. The fourth-order valence-electron chi connectivity index (χ4n) is 2.79. The van der Waals surface area contributed by atoms with Crippen molar-refractivity contribution in [1.29, 1.82) is 0 Å². The Morgan fingerprint density at radius 2 is 2.37 bits per heavy atom. The molecule has 0 aromatic carbocycles. The van der Waals surface area contributed by atoms with Crippen LogP contribution in [0.4, 0.5) is 0 Å². The fraction of sp³-hybridized carbons (Fsp3) is 0.667. The zero-order valence-corrected chi connectivity index (χ0v) is 13.7. The molecule has 1 saturated heterocycles. The van der Waals surface area contributed by atoms with Gasteiger partial charge in [0.05, 0.1) is 0 Å². The molecule has 106 valence electrons. The summed E-state index contributed by atoms with van der Waals surface area (Å²) in [6.45, 7) is 0.977. The van der Waals surface area contributed by atoms with Crippen molar-refractivity contribution in [3.05, 3.63) is 22.4 Å². The Kier molecular flexibility index (Phi) is 6.38. The molecule has 1 aliphatic rings. The third-order valence-electron chi connectivity index (χ3n) is 3.76. The van der Waals surface area contributed by atoms with Gasteiger partial charge < -0.3 is 4.90 Å². The topological polar surface area (TPSA) is 20.3 Å². The highest BCUT2D eigenvalue weighted by Gasteiger charge is 2.27. The molecule has 0 aliphatic carbocycles. The monoisotopic (exact) mass is 343 g/mol. The predicted octanol–water partition coefficient (Wildman–Crippen LogP) is 4.24. The van der Waals surface area contributed by atoms with Crippen molar-refractivity contribution < 1.29 is 4.79 Å². The molecule has 1 unspecified atom stereocenters. The molecule has 2 rings (SSSR count). The van der Waals surface area contributed by atoms with E-state index in [9.17, 15) is 4.79 Å². The summed E-state index contributed by atoms with van der Waals surface area (Å²) in [7, 11) is 0. The lowest BCUT2D eigenvalue weighted by Gasteiger charge is -2.24. The molecule has 1 atom stereocenters. The van der Waals surface area contributed by atoms with Crippen LogP contribution in [0.25, 0.3) is 0 Å². The van der Waals surface area contributed by atoms with Crippen molar-refractivity contribution in [3.63, 3.8) is 0 Å². The molecular weight excluding hydrogens is 322 g/mol. The summed E-state index contributed by atoms with van der Waals surface area (Å²) in [5.41, 5.74) is 0. The van der Waals surface area contributed by atoms with Crippen LogP contribution >= 0.6 is 27.3 Å². The first-order chi connectivity index (χ1) is 9.31. The van der Waals surface area contributed by atoms with Crippen LogP contribution in [0, 0.1) is 0 Å². The number of amides is 1. The van der Waals surface area contributed by atoms with Gasteiger partial charge in [-0.15, -0.1) is 11.3 Å². The van der Waals surface area contributed by atoms with Gasteiger partial charge in [0.15, 0.2) is 0 Å². The number of hydrogen-bond donors (Lipinski definition) is 0. The van der Waals surface area contributed by atoms with Crippen molar-refractivity contribution >= 4 is 33.2 Å². The van der Waals surface area contributed by atoms with Crippen molar-refractivity contribution in [2.24, 2.45) is 0 Å². The Morgan fingerprint density at radius 1 is 1.47 bits per heavy atom. The zero-order chi connectivity index (χ0) is 13.5. The lowest BCUT2D eigenvalue weighted by Crippen LogP contribution is -2.35. The molecule has 0 saturated carbocycles. The third-order valence-corrected chi connectivity index (χ3v) is 5.26. The number of likely N-dealkylation sites (tertiary alicyclic amines) is 1. The first kappa shape index (κ1) is 15.0. The Bertz CT molecular complexity index is 380. The number of rotatable bonds is 7. The molecule has 1 aliphatic heterocycles. The van der Waals surface area contributed by atoms with Crippen molar-refractivity contribution in [3.8, 4) is 0 Å². The molecule has 1 amide bonds. The average Bonchev–Trinajstić information content (AvgIpc) is 3.07. The number of halogens is 1. The maximum absolute atomic E-state index is 12.3. The first-order valence-electron chi connectivity index (χ1n) is 7.19. The van der Waals surface area contributed by atoms with E-state index in [1.54, 1.807) is 11.3 Å². The maximum Gasteiger partial charge on any atom is 0.222 e. The van der Waals surface area contributed by atoms with E-state index >= 15 is 0 Å². The van der Waals surface area contributed by atoms with Crippen LogP contribution in [0.3, 0.4) is 0 Å². The minimum Gasteiger partial charge on any atom is -0.340 e. The van der Waals surface area contributed by atoms with Crippen molar-refractivity contribution in [2.75, 3.05) is 11.9 Å². The summed E-state index contributed by atoms with van der Waals surface area (Å²) in [6, 6.07) is 4.74. The molecule has 1 aromatic rings. The van der Waals surface area contributed by atoms with E-state index < -0.39 is 0 Å². The van der Waals surface area contributed by atoms with Gasteiger partial charge in [-0.3, -0.25) is 4.79 Å². The van der Waals surface area contributed by atoms with Crippen LogP contribution in [0.2, 0.25) is 0 Å². The van der Waals surface area contributed by atoms with E-state index in [0.717, 1.165) is 31.1 Å². The van der Waals surface area contributed by atoms with Crippen LogP contribution in [-0.2, 0) is 11.2 Å². The number of alkyl halides is 1. The van der Waals surface area contributed by atoms with Gasteiger partial charge in [0.25, 0.3) is 0 Å². The third kappa shape index (κ3) is 4.60. The van der Waals surface area contributed by atoms with Gasteiger partial charge >= 0.3 is 0 Å². The number of aryl methyl sites for hydroxylation is 1. The largest absolute Gasteiger partial charge is 0.340 e. The number of carbonyl (C=O) groups is 1. The van der Waals surface area contributed by atoms with Gasteiger partial charge in [0.2, 0.25) is 5.91 Å². The summed E-state index contributed by atoms with van der Waals surface area (Å²) >= 11 is 5.26. The summed E-state index contributed by atoms with van der Waals surface area (Å²) in [6.07, 6.45) is 7.45. The van der Waals surface area contributed by atoms with Gasteiger partial charge in [-0.2, -0.15) is 0 Å². The van der Waals surface area contributed by atoms with E-state index in [2.05, 4.69) is 38.3 Å². The highest BCUT2D eigenvalue weighted by Crippen LogP contribution is 2.23. The van der Waals surface area contributed by atoms with Crippen LogP contribution in [0.15, 0.2) is 17.5 Å². The molecule has 0 radical (unpaired) electrons. The second-order valence-corrected chi connectivity index (χ2v) is 6.97. The van der Waals surface area contributed by atoms with E-state index in [1.165, 1.54) is 24.1 Å². The van der Waals surface area contributed by atoms with Crippen molar-refractivity contribution in [2.45, 2.75) is 51.0 Å². The molecule has 2 heterocycles. The Balaban J connectivity index is 1.72. The van der Waals surface area contributed by atoms with Crippen molar-refractivity contribution in [1.82, 2.24) is 4.90 Å². The SMILES string of the molecule is O=C(CCCc1cccs1)N1CCCC1CCCBr. The van der Waals surface area contributed by atoms with Crippen LogP contribution in [0.5, 0.6) is 0 Å². The highest BCUT2D eigenvalue weighted by molar-refractivity contribution is 9.09. The Labute approximate surface area is 128 Å². The quantitative estimate of drug-likeness (QED) is 0.678. The highest BCUT2D eigenvalue weighted by atomic mass is 79.9. The molecule has 0 N–H and O–H groups in total. The first-order valence-corrected chi connectivity index (χ1v) is 9.19. The summed E-state index contributed by atoms with van der Waals surface area (Å²) in [5, 5.41) is 3.15. The molecule has 1 fully saturated rings. The summed E-state index contributed by atoms with van der Waals surface area (Å²) < 4.78 is 0. The van der Waals surface area contributed by atoms with E-state index in [0.29, 0.717) is 18.4 Å². The normalized spacial score (nSPS) is 19.0. The second-order valence-electron chi connectivity index (χ2n) is 5.15. The molecule has 4 heteroatoms. The molecule has 0 spiro atoms. The van der Waals surface area contributed by atoms with E-state index in [1.807, 2.05) is 0 Å². The molecular formula is C15H22BrNOS. The maximum atomic E-state index is 12.3. The Morgan fingerprint density at radius 3 is 3.11 bits per heavy atom. The lowest BCUT2D eigenvalue weighted by atomic mass is 10.1. The summed E-state index contributed by atoms with van der Waals surface area (Å²) in [4.78, 5) is 15.8. The molecule has 19 heavy (non-hydrogen) atoms. The lowest BCUT2D eigenvalue weighted by molar-refractivity contribution is -0.132. The van der Waals surface area contributed by atoms with Gasteiger partial charge in [0, 0.05) is 29.2 Å². The van der Waals surface area contributed by atoms with E-state index in [4.69, 9.17) is 0 Å². The number of thiophene rings is 1. The standard InChI is InChI=1S/C15H22BrNOS/c16-10-2-5-13-6-3-11-17(13)15(18)9-1-7-14-8-4-12-19-14/h4,8,12-13H,1-3,5-7,9-11H2. The smallest absolute Gasteiger partial charge is 0.222 e. The van der Waals surface area contributed by atoms with Gasteiger partial charge in [-0.25, -0.2) is 0 Å². The zero-order valence-electron chi connectivity index (χ0n) is 11.3. The molecule has 1 aromatic heterocycles. The molecule has 0 bridgehead atoms. The van der Waals surface area contributed by atoms with Crippen LogP contribution in [-0.4, -0.2) is 28.7 Å². The number of nitrogens with zero attached hydrogens (tertiary/aromatic N) is 1. The average molecular weight is 344 g/mol. The fourth-order valence-corrected chi connectivity index (χ4v) is 3.86. The Hall–Kier alpha value is -0.350. The van der Waals surface area contributed by atoms with Gasteiger partial charge in [-0.05, 0) is 50.0 Å². The van der Waals surface area contributed by atoms with Gasteiger partial charge in [-0.1, -0.05) is 22.0 Å². The van der Waals surface area contributed by atoms with Gasteiger partial charge in [0.1, 0.15) is 0 Å². The molecule has 2 nitrogen and oxygen atoms in total. The number of hydrogen-bond acceptors (Lipinski definition) is 2.